The van der Waals surface area contributed by atoms with Crippen LogP contribution in [-0.4, -0.2) is 74.6 Å². The van der Waals surface area contributed by atoms with Gasteiger partial charge >= 0.3 is 6.09 Å². The molecule has 0 radical (unpaired) electrons. The van der Waals surface area contributed by atoms with Gasteiger partial charge in [-0.1, -0.05) is 0 Å². The smallest absolute Gasteiger partial charge is 0.409 e. The lowest BCUT2D eigenvalue weighted by molar-refractivity contribution is 0.121. The van der Waals surface area contributed by atoms with Crippen molar-refractivity contribution in [1.82, 2.24) is 35.3 Å². The number of aryl methyl sites for hydroxylation is 2. The highest BCUT2D eigenvalue weighted by Crippen LogP contribution is 2.32. The van der Waals surface area contributed by atoms with Crippen molar-refractivity contribution in [1.29, 1.82) is 0 Å². The molecule has 11 heteroatoms. The summed E-state index contributed by atoms with van der Waals surface area (Å²) in [6.45, 7) is 8.38. The highest BCUT2D eigenvalue weighted by atomic mass is 16.5. The van der Waals surface area contributed by atoms with Gasteiger partial charge in [-0.3, -0.25) is 5.10 Å². The number of nitrogens with zero attached hydrogens (tertiary/aromatic N) is 7. The Morgan fingerprint density at radius 1 is 1.08 bits per heavy atom. The summed E-state index contributed by atoms with van der Waals surface area (Å²) in [5.41, 5.74) is 5.39. The molecule has 1 amide bonds. The topological polar surface area (TPSA) is 122 Å². The Hall–Kier alpha value is -4.28. The molecular formula is C25H28N8O3. The number of amides is 1. The molecule has 0 unspecified atom stereocenters. The van der Waals surface area contributed by atoms with Gasteiger partial charge in [0.1, 0.15) is 17.5 Å². The maximum absolute atomic E-state index is 11.7. The molecule has 1 N–H and O–H groups in total. The number of aromatic amines is 1. The third-order valence-corrected chi connectivity index (χ3v) is 6.43. The molecule has 0 spiro atoms. The first kappa shape index (κ1) is 23.5. The van der Waals surface area contributed by atoms with Crippen LogP contribution in [0.25, 0.3) is 22.2 Å². The lowest BCUT2D eigenvalue weighted by atomic mass is 10.0. The Balaban J connectivity index is 1.34. The standard InChI is InChI=1S/C25H28N8O3/c1-15-12-28-29-16(2)22(15)17(3)36-19-5-6-21-20(11-19)23(31-30-21)18-13-26-24(27-14-18)32-7-9-33(10-8-32)25(34)35-4/h5-6,11-14,17H,7-10H2,1-4H3,(H,30,31)/t17-/m1/s1. The lowest BCUT2D eigenvalue weighted by Crippen LogP contribution is -2.49. The Kier molecular flexibility index (Phi) is 6.36. The van der Waals surface area contributed by atoms with E-state index < -0.39 is 0 Å². The van der Waals surface area contributed by atoms with E-state index in [1.165, 1.54) is 7.11 Å². The van der Waals surface area contributed by atoms with Crippen molar-refractivity contribution in [3.05, 3.63) is 53.6 Å². The molecule has 1 aliphatic rings. The van der Waals surface area contributed by atoms with Crippen LogP contribution < -0.4 is 9.64 Å². The highest BCUT2D eigenvalue weighted by molar-refractivity contribution is 5.93. The average Bonchev–Trinajstić information content (AvgIpc) is 3.31. The third-order valence-electron chi connectivity index (χ3n) is 6.43. The van der Waals surface area contributed by atoms with Gasteiger partial charge in [-0.15, -0.1) is 0 Å². The van der Waals surface area contributed by atoms with Crippen LogP contribution in [0.2, 0.25) is 0 Å². The summed E-state index contributed by atoms with van der Waals surface area (Å²) >= 11 is 0. The van der Waals surface area contributed by atoms with Gasteiger partial charge in [0.2, 0.25) is 5.95 Å². The number of benzene rings is 1. The summed E-state index contributed by atoms with van der Waals surface area (Å²) in [5.74, 6) is 1.35. The highest BCUT2D eigenvalue weighted by Gasteiger charge is 2.23. The molecule has 11 nitrogen and oxygen atoms in total. The zero-order valence-corrected chi connectivity index (χ0v) is 20.7. The Bertz CT molecular complexity index is 1360. The molecule has 3 aromatic heterocycles. The fraction of sp³-hybridized carbons (Fsp3) is 0.360. The van der Waals surface area contributed by atoms with Gasteiger partial charge in [0.15, 0.2) is 0 Å². The zero-order valence-electron chi connectivity index (χ0n) is 20.7. The second-order valence-corrected chi connectivity index (χ2v) is 8.78. The van der Waals surface area contributed by atoms with Crippen LogP contribution in [-0.2, 0) is 4.74 Å². The van der Waals surface area contributed by atoms with E-state index in [2.05, 4.69) is 35.3 Å². The second kappa shape index (κ2) is 9.76. The Morgan fingerprint density at radius 3 is 2.53 bits per heavy atom. The van der Waals surface area contributed by atoms with Crippen molar-refractivity contribution >= 4 is 22.9 Å². The number of hydrogen-bond acceptors (Lipinski definition) is 9. The number of piperazine rings is 1. The zero-order chi connectivity index (χ0) is 25.2. The van der Waals surface area contributed by atoms with Crippen LogP contribution in [0.15, 0.2) is 36.8 Å². The fourth-order valence-electron chi connectivity index (χ4n) is 4.60. The van der Waals surface area contributed by atoms with Gasteiger partial charge in [0.25, 0.3) is 0 Å². The number of rotatable bonds is 5. The summed E-state index contributed by atoms with van der Waals surface area (Å²) in [6.07, 6.45) is 4.81. The molecule has 0 aliphatic carbocycles. The Labute approximate surface area is 208 Å². The Morgan fingerprint density at radius 2 is 1.83 bits per heavy atom. The van der Waals surface area contributed by atoms with E-state index in [0.717, 1.165) is 44.7 Å². The van der Waals surface area contributed by atoms with E-state index in [4.69, 9.17) is 9.47 Å². The molecule has 1 saturated heterocycles. The van der Waals surface area contributed by atoms with Crippen LogP contribution in [0.1, 0.15) is 29.8 Å². The first-order valence-electron chi connectivity index (χ1n) is 11.8. The minimum absolute atomic E-state index is 0.185. The quantitative estimate of drug-likeness (QED) is 0.450. The molecule has 1 fully saturated rings. The van der Waals surface area contributed by atoms with Crippen LogP contribution in [0.4, 0.5) is 10.7 Å². The number of carbonyl (C=O) groups excluding carboxylic acids is 1. The first-order chi connectivity index (χ1) is 17.4. The van der Waals surface area contributed by atoms with Crippen molar-refractivity contribution in [2.45, 2.75) is 26.9 Å². The first-order valence-corrected chi connectivity index (χ1v) is 11.8. The van der Waals surface area contributed by atoms with E-state index in [9.17, 15) is 4.79 Å². The van der Waals surface area contributed by atoms with Crippen LogP contribution in [0.5, 0.6) is 5.75 Å². The lowest BCUT2D eigenvalue weighted by Gasteiger charge is -2.33. The van der Waals surface area contributed by atoms with Crippen molar-refractivity contribution in [3.63, 3.8) is 0 Å². The summed E-state index contributed by atoms with van der Waals surface area (Å²) in [7, 11) is 1.39. The number of hydrogen-bond donors (Lipinski definition) is 1. The predicted octanol–water partition coefficient (Wildman–Crippen LogP) is 3.46. The minimum Gasteiger partial charge on any atom is -0.486 e. The number of anilines is 1. The molecule has 4 heterocycles. The van der Waals surface area contributed by atoms with Gasteiger partial charge < -0.3 is 19.3 Å². The van der Waals surface area contributed by atoms with Crippen molar-refractivity contribution in [3.8, 4) is 17.0 Å². The van der Waals surface area contributed by atoms with E-state index in [1.807, 2.05) is 39.0 Å². The van der Waals surface area contributed by atoms with E-state index in [-0.39, 0.29) is 12.2 Å². The molecule has 36 heavy (non-hydrogen) atoms. The van der Waals surface area contributed by atoms with Crippen molar-refractivity contribution < 1.29 is 14.3 Å². The average molecular weight is 489 g/mol. The number of aromatic nitrogens is 6. The predicted molar refractivity (Wildman–Crippen MR) is 134 cm³/mol. The van der Waals surface area contributed by atoms with Gasteiger partial charge in [-0.05, 0) is 44.5 Å². The monoisotopic (exact) mass is 488 g/mol. The molecular weight excluding hydrogens is 460 g/mol. The molecule has 0 bridgehead atoms. The second-order valence-electron chi connectivity index (χ2n) is 8.78. The van der Waals surface area contributed by atoms with E-state index >= 15 is 0 Å². The number of H-pyrrole nitrogens is 1. The molecule has 4 aromatic rings. The molecule has 1 aliphatic heterocycles. The van der Waals surface area contributed by atoms with Crippen molar-refractivity contribution in [2.24, 2.45) is 0 Å². The SMILES string of the molecule is COC(=O)N1CCN(c2ncc(-c3n[nH]c4ccc(O[C@H](C)c5c(C)cnnc5C)cc34)cn2)CC1. The van der Waals surface area contributed by atoms with Gasteiger partial charge in [0, 0.05) is 55.1 Å². The van der Waals surface area contributed by atoms with Crippen LogP contribution >= 0.6 is 0 Å². The van der Waals surface area contributed by atoms with E-state index in [0.29, 0.717) is 32.1 Å². The maximum atomic E-state index is 11.7. The molecule has 1 atom stereocenters. The molecule has 0 saturated carbocycles. The number of nitrogens with one attached hydrogen (secondary N) is 1. The maximum Gasteiger partial charge on any atom is 0.409 e. The number of methoxy groups -OCH3 is 1. The number of fused-ring (bicyclic) bond motifs is 1. The minimum atomic E-state index is -0.309. The van der Waals surface area contributed by atoms with E-state index in [1.54, 1.807) is 23.5 Å². The normalized spacial score (nSPS) is 14.7. The van der Waals surface area contributed by atoms with Gasteiger partial charge in [-0.25, -0.2) is 14.8 Å². The number of carbonyl (C=O) groups is 1. The fourth-order valence-corrected chi connectivity index (χ4v) is 4.60. The summed E-state index contributed by atoms with van der Waals surface area (Å²) in [6, 6.07) is 5.85. The van der Waals surface area contributed by atoms with Crippen LogP contribution in [0, 0.1) is 13.8 Å². The molecule has 1 aromatic carbocycles. The van der Waals surface area contributed by atoms with Gasteiger partial charge in [0.05, 0.1) is 24.5 Å². The number of ether oxygens (including phenoxy) is 2. The van der Waals surface area contributed by atoms with Crippen molar-refractivity contribution in [2.75, 3.05) is 38.2 Å². The summed E-state index contributed by atoms with van der Waals surface area (Å²) in [5, 5.41) is 16.7. The third kappa shape index (κ3) is 4.51. The summed E-state index contributed by atoms with van der Waals surface area (Å²) in [4.78, 5) is 24.6. The molecule has 5 rings (SSSR count). The summed E-state index contributed by atoms with van der Waals surface area (Å²) < 4.78 is 11.1. The largest absolute Gasteiger partial charge is 0.486 e. The van der Waals surface area contributed by atoms with Crippen LogP contribution in [0.3, 0.4) is 0 Å². The molecule has 186 valence electrons. The van der Waals surface area contributed by atoms with Gasteiger partial charge in [-0.2, -0.15) is 15.3 Å².